The molecule has 1 N–H and O–H groups in total. The van der Waals surface area contributed by atoms with Crippen LogP contribution < -0.4 is 5.32 Å². The number of carbonyl (C=O) groups is 2. The van der Waals surface area contributed by atoms with Crippen LogP contribution in [0.2, 0.25) is 10.0 Å². The molecule has 0 unspecified atom stereocenters. The van der Waals surface area contributed by atoms with Crippen molar-refractivity contribution in [1.82, 2.24) is 10.2 Å². The lowest BCUT2D eigenvalue weighted by Crippen LogP contribution is -2.53. The number of rotatable bonds is 9. The van der Waals surface area contributed by atoms with Crippen LogP contribution in [0.1, 0.15) is 50.8 Å². The molecule has 0 fully saturated rings. The summed E-state index contributed by atoms with van der Waals surface area (Å²) in [5.74, 6) is 0.785. The molecule has 0 saturated heterocycles. The fourth-order valence-corrected chi connectivity index (χ4v) is 4.42. The second-order valence-electron chi connectivity index (χ2n) is 8.91. The van der Waals surface area contributed by atoms with Gasteiger partial charge < -0.3 is 10.2 Å². The number of amides is 2. The average Bonchev–Trinajstić information content (AvgIpc) is 2.70. The molecule has 7 heteroatoms. The summed E-state index contributed by atoms with van der Waals surface area (Å²) in [6.07, 6.45) is 0.512. The predicted octanol–water partition coefficient (Wildman–Crippen LogP) is 6.26. The number of benzene rings is 2. The minimum absolute atomic E-state index is 0.0795. The lowest BCUT2D eigenvalue weighted by atomic mass is 10.1. The molecule has 0 aliphatic rings. The molecule has 0 spiro atoms. The molecular formula is C25H32Cl2N2O2S. The summed E-state index contributed by atoms with van der Waals surface area (Å²) >= 11 is 13.8. The standard InChI is InChI=1S/C25H32Cl2N2O2S/c1-6-22(24(31)28-25(3,4)5)29(14-19-11-12-20(26)21(27)13-19)23(30)16-32-15-18-9-7-17(2)8-10-18/h7-13,22H,6,14-16H2,1-5H3,(H,28,31)/t22-/m0/s1. The van der Waals surface area contributed by atoms with Gasteiger partial charge in [-0.2, -0.15) is 0 Å². The van der Waals surface area contributed by atoms with Gasteiger partial charge in [0.25, 0.3) is 0 Å². The molecule has 0 aliphatic heterocycles. The van der Waals surface area contributed by atoms with Crippen LogP contribution >= 0.6 is 35.0 Å². The smallest absolute Gasteiger partial charge is 0.243 e. The topological polar surface area (TPSA) is 49.4 Å². The summed E-state index contributed by atoms with van der Waals surface area (Å²) < 4.78 is 0. The van der Waals surface area contributed by atoms with Gasteiger partial charge in [-0.15, -0.1) is 11.8 Å². The Morgan fingerprint density at radius 1 is 1.03 bits per heavy atom. The highest BCUT2D eigenvalue weighted by atomic mass is 35.5. The number of hydrogen-bond acceptors (Lipinski definition) is 3. The minimum Gasteiger partial charge on any atom is -0.350 e. The Morgan fingerprint density at radius 2 is 1.66 bits per heavy atom. The predicted molar refractivity (Wildman–Crippen MR) is 136 cm³/mol. The normalized spacial score (nSPS) is 12.3. The number of carbonyl (C=O) groups excluding carboxylic acids is 2. The number of halogens is 2. The van der Waals surface area contributed by atoms with Crippen LogP contribution in [0.4, 0.5) is 0 Å². The molecular weight excluding hydrogens is 463 g/mol. The Hall–Kier alpha value is -1.69. The number of thioether (sulfide) groups is 1. The first-order chi connectivity index (χ1) is 15.0. The molecule has 32 heavy (non-hydrogen) atoms. The van der Waals surface area contributed by atoms with Gasteiger partial charge in [-0.25, -0.2) is 0 Å². The SMILES string of the molecule is CC[C@@H](C(=O)NC(C)(C)C)N(Cc1ccc(Cl)c(Cl)c1)C(=O)CSCc1ccc(C)cc1. The monoisotopic (exact) mass is 494 g/mol. The molecule has 0 aromatic heterocycles. The van der Waals surface area contributed by atoms with Crippen LogP contribution in [-0.4, -0.2) is 34.0 Å². The zero-order valence-corrected chi connectivity index (χ0v) is 21.7. The third-order valence-electron chi connectivity index (χ3n) is 4.84. The molecule has 2 aromatic rings. The van der Waals surface area contributed by atoms with Gasteiger partial charge in [0.05, 0.1) is 15.8 Å². The van der Waals surface area contributed by atoms with Crippen molar-refractivity contribution in [3.8, 4) is 0 Å². The van der Waals surface area contributed by atoms with E-state index in [9.17, 15) is 9.59 Å². The van der Waals surface area contributed by atoms with Crippen molar-refractivity contribution < 1.29 is 9.59 Å². The van der Waals surface area contributed by atoms with Crippen LogP contribution in [0.25, 0.3) is 0 Å². The molecule has 2 rings (SSSR count). The molecule has 174 valence electrons. The Balaban J connectivity index is 2.18. The Morgan fingerprint density at radius 3 is 2.22 bits per heavy atom. The van der Waals surface area contributed by atoms with Crippen molar-refractivity contribution in [1.29, 1.82) is 0 Å². The third kappa shape index (κ3) is 8.34. The van der Waals surface area contributed by atoms with E-state index in [4.69, 9.17) is 23.2 Å². The lowest BCUT2D eigenvalue weighted by molar-refractivity contribution is -0.140. The first-order valence-corrected chi connectivity index (χ1v) is 12.6. The molecule has 0 radical (unpaired) electrons. The van der Waals surface area contributed by atoms with Gasteiger partial charge in [-0.1, -0.05) is 66.0 Å². The molecule has 2 amide bonds. The second kappa shape index (κ2) is 12.0. The van der Waals surface area contributed by atoms with Gasteiger partial charge in [0.2, 0.25) is 11.8 Å². The van der Waals surface area contributed by atoms with Crippen LogP contribution in [0.3, 0.4) is 0 Å². The summed E-state index contributed by atoms with van der Waals surface area (Å²) in [7, 11) is 0. The molecule has 0 aliphatic carbocycles. The van der Waals surface area contributed by atoms with Crippen molar-refractivity contribution in [2.75, 3.05) is 5.75 Å². The van der Waals surface area contributed by atoms with Crippen molar-refractivity contribution >= 4 is 46.8 Å². The van der Waals surface area contributed by atoms with E-state index in [1.54, 1.807) is 28.8 Å². The van der Waals surface area contributed by atoms with Gasteiger partial charge in [-0.05, 0) is 57.4 Å². The lowest BCUT2D eigenvalue weighted by Gasteiger charge is -2.33. The van der Waals surface area contributed by atoms with E-state index < -0.39 is 6.04 Å². The molecule has 1 atom stereocenters. The van der Waals surface area contributed by atoms with Gasteiger partial charge >= 0.3 is 0 Å². The zero-order valence-electron chi connectivity index (χ0n) is 19.4. The highest BCUT2D eigenvalue weighted by Gasteiger charge is 2.30. The van der Waals surface area contributed by atoms with Gasteiger partial charge in [-0.3, -0.25) is 9.59 Å². The number of hydrogen-bond donors (Lipinski definition) is 1. The van der Waals surface area contributed by atoms with E-state index in [1.165, 1.54) is 11.1 Å². The van der Waals surface area contributed by atoms with E-state index in [0.29, 0.717) is 16.5 Å². The Bertz CT molecular complexity index is 927. The van der Waals surface area contributed by atoms with Crippen molar-refractivity contribution in [3.05, 3.63) is 69.2 Å². The highest BCUT2D eigenvalue weighted by Crippen LogP contribution is 2.25. The molecule has 4 nitrogen and oxygen atoms in total. The summed E-state index contributed by atoms with van der Waals surface area (Å²) in [5, 5.41) is 3.90. The number of nitrogens with zero attached hydrogens (tertiary/aromatic N) is 1. The molecule has 2 aromatic carbocycles. The third-order valence-corrected chi connectivity index (χ3v) is 6.56. The maximum absolute atomic E-state index is 13.3. The van der Waals surface area contributed by atoms with Crippen LogP contribution in [-0.2, 0) is 21.9 Å². The van der Waals surface area contributed by atoms with Crippen molar-refractivity contribution in [3.63, 3.8) is 0 Å². The van der Waals surface area contributed by atoms with Crippen LogP contribution in [0.5, 0.6) is 0 Å². The summed E-state index contributed by atoms with van der Waals surface area (Å²) in [6.45, 7) is 10.0. The van der Waals surface area contributed by atoms with Crippen molar-refractivity contribution in [2.45, 2.75) is 64.9 Å². The van der Waals surface area contributed by atoms with Gasteiger partial charge in [0.15, 0.2) is 0 Å². The maximum atomic E-state index is 13.3. The van der Waals surface area contributed by atoms with E-state index >= 15 is 0 Å². The minimum atomic E-state index is -0.573. The van der Waals surface area contributed by atoms with Gasteiger partial charge in [0, 0.05) is 17.8 Å². The van der Waals surface area contributed by atoms with E-state index in [2.05, 4.69) is 36.5 Å². The van der Waals surface area contributed by atoms with E-state index in [1.807, 2.05) is 33.8 Å². The quantitative estimate of drug-likeness (QED) is 0.447. The van der Waals surface area contributed by atoms with Crippen LogP contribution in [0, 0.1) is 6.92 Å². The largest absolute Gasteiger partial charge is 0.350 e. The fraction of sp³-hybridized carbons (Fsp3) is 0.440. The maximum Gasteiger partial charge on any atom is 0.243 e. The first kappa shape index (κ1) is 26.6. The number of aryl methyl sites for hydroxylation is 1. The second-order valence-corrected chi connectivity index (χ2v) is 10.7. The molecule has 0 saturated carbocycles. The van der Waals surface area contributed by atoms with E-state index in [0.717, 1.165) is 11.3 Å². The van der Waals surface area contributed by atoms with E-state index in [-0.39, 0.29) is 29.7 Å². The average molecular weight is 496 g/mol. The zero-order chi connectivity index (χ0) is 23.9. The van der Waals surface area contributed by atoms with Crippen LogP contribution in [0.15, 0.2) is 42.5 Å². The summed E-state index contributed by atoms with van der Waals surface area (Å²) in [4.78, 5) is 28.0. The Kier molecular flexibility index (Phi) is 9.93. The summed E-state index contributed by atoms with van der Waals surface area (Å²) in [6, 6.07) is 13.0. The first-order valence-electron chi connectivity index (χ1n) is 10.7. The number of nitrogens with one attached hydrogen (secondary N) is 1. The molecule has 0 bridgehead atoms. The fourth-order valence-electron chi connectivity index (χ4n) is 3.23. The van der Waals surface area contributed by atoms with Gasteiger partial charge in [0.1, 0.15) is 6.04 Å². The highest BCUT2D eigenvalue weighted by molar-refractivity contribution is 7.99. The Labute approximate surface area is 206 Å². The summed E-state index contributed by atoms with van der Waals surface area (Å²) in [5.41, 5.74) is 2.82. The molecule has 0 heterocycles. The van der Waals surface area contributed by atoms with Crippen molar-refractivity contribution in [2.24, 2.45) is 0 Å².